The number of aromatic nitrogens is 3. The van der Waals surface area contributed by atoms with Crippen molar-refractivity contribution in [3.8, 4) is 17.2 Å². The number of methoxy groups -OCH3 is 2. The third kappa shape index (κ3) is 3.80. The van der Waals surface area contributed by atoms with Crippen molar-refractivity contribution in [3.63, 3.8) is 0 Å². The maximum atomic E-state index is 5.45. The van der Waals surface area contributed by atoms with Crippen LogP contribution in [0.2, 0.25) is 0 Å². The van der Waals surface area contributed by atoms with Crippen molar-refractivity contribution in [1.29, 1.82) is 0 Å². The van der Waals surface area contributed by atoms with Gasteiger partial charge >= 0.3 is 0 Å². The molecule has 140 valence electrons. The van der Waals surface area contributed by atoms with Gasteiger partial charge in [0.1, 0.15) is 0 Å². The highest BCUT2D eigenvalue weighted by Crippen LogP contribution is 2.33. The van der Waals surface area contributed by atoms with Gasteiger partial charge in [0, 0.05) is 19.6 Å². The van der Waals surface area contributed by atoms with Crippen LogP contribution in [0.3, 0.4) is 0 Å². The Morgan fingerprint density at radius 3 is 2.41 bits per heavy atom. The van der Waals surface area contributed by atoms with E-state index in [-0.39, 0.29) is 0 Å². The zero-order chi connectivity index (χ0) is 18.6. The Bertz CT molecular complexity index is 891. The van der Waals surface area contributed by atoms with E-state index in [4.69, 9.17) is 9.47 Å². The molecule has 6 heteroatoms. The summed E-state index contributed by atoms with van der Waals surface area (Å²) >= 11 is 0. The van der Waals surface area contributed by atoms with Crippen LogP contribution in [-0.4, -0.2) is 47.2 Å². The van der Waals surface area contributed by atoms with Gasteiger partial charge in [0.25, 0.3) is 0 Å². The Kier molecular flexibility index (Phi) is 5.07. The molecule has 0 fully saturated rings. The van der Waals surface area contributed by atoms with Crippen LogP contribution in [0.15, 0.2) is 48.8 Å². The van der Waals surface area contributed by atoms with Crippen molar-refractivity contribution in [2.75, 3.05) is 27.3 Å². The quantitative estimate of drug-likeness (QED) is 0.673. The van der Waals surface area contributed by atoms with Gasteiger partial charge in [-0.1, -0.05) is 17.3 Å². The first-order valence-corrected chi connectivity index (χ1v) is 9.18. The van der Waals surface area contributed by atoms with Crippen LogP contribution in [0.1, 0.15) is 16.7 Å². The van der Waals surface area contributed by atoms with Crippen LogP contribution >= 0.6 is 0 Å². The van der Waals surface area contributed by atoms with Gasteiger partial charge in [0.05, 0.1) is 32.3 Å². The molecule has 0 amide bonds. The van der Waals surface area contributed by atoms with Crippen molar-refractivity contribution >= 4 is 0 Å². The topological polar surface area (TPSA) is 52.4 Å². The Hall–Kier alpha value is -2.86. The van der Waals surface area contributed by atoms with Crippen molar-refractivity contribution in [2.45, 2.75) is 19.4 Å². The van der Waals surface area contributed by atoms with E-state index in [1.807, 2.05) is 6.20 Å². The minimum Gasteiger partial charge on any atom is -0.493 e. The summed E-state index contributed by atoms with van der Waals surface area (Å²) in [4.78, 5) is 2.50. The Morgan fingerprint density at radius 2 is 1.74 bits per heavy atom. The zero-order valence-corrected chi connectivity index (χ0v) is 15.8. The smallest absolute Gasteiger partial charge is 0.161 e. The highest BCUT2D eigenvalue weighted by Gasteiger charge is 2.19. The number of rotatable bonds is 6. The Balaban J connectivity index is 1.39. The van der Waals surface area contributed by atoms with Crippen molar-refractivity contribution < 1.29 is 9.47 Å². The lowest BCUT2D eigenvalue weighted by molar-refractivity contribution is 0.255. The van der Waals surface area contributed by atoms with Crippen LogP contribution in [0.5, 0.6) is 11.5 Å². The summed E-state index contributed by atoms with van der Waals surface area (Å²) in [6, 6.07) is 12.8. The van der Waals surface area contributed by atoms with E-state index in [0.717, 1.165) is 49.7 Å². The normalized spacial score (nSPS) is 14.0. The maximum Gasteiger partial charge on any atom is 0.161 e. The lowest BCUT2D eigenvalue weighted by Gasteiger charge is -2.29. The van der Waals surface area contributed by atoms with Crippen LogP contribution in [0.4, 0.5) is 0 Å². The van der Waals surface area contributed by atoms with E-state index in [2.05, 4.69) is 51.6 Å². The molecule has 0 N–H and O–H groups in total. The predicted molar refractivity (Wildman–Crippen MR) is 104 cm³/mol. The second-order valence-electron chi connectivity index (χ2n) is 6.77. The number of hydrogen-bond acceptors (Lipinski definition) is 5. The lowest BCUT2D eigenvalue weighted by Crippen LogP contribution is -2.32. The van der Waals surface area contributed by atoms with E-state index in [0.29, 0.717) is 0 Å². The summed E-state index contributed by atoms with van der Waals surface area (Å²) in [7, 11) is 3.38. The SMILES string of the molecule is COc1cc2c(cc1OC)CN(CCc1ccc(-n3ccnn3)cc1)CC2. The second-order valence-corrected chi connectivity index (χ2v) is 6.77. The molecular weight excluding hydrogens is 340 g/mol. The number of ether oxygens (including phenoxy) is 2. The van der Waals surface area contributed by atoms with Gasteiger partial charge < -0.3 is 9.47 Å². The summed E-state index contributed by atoms with van der Waals surface area (Å²) in [5, 5.41) is 7.87. The lowest BCUT2D eigenvalue weighted by atomic mass is 9.98. The minimum atomic E-state index is 0.807. The van der Waals surface area contributed by atoms with E-state index in [9.17, 15) is 0 Å². The number of nitrogens with zero attached hydrogens (tertiary/aromatic N) is 4. The molecule has 4 rings (SSSR count). The minimum absolute atomic E-state index is 0.807. The number of benzene rings is 2. The predicted octanol–water partition coefficient (Wildman–Crippen LogP) is 2.89. The first-order valence-electron chi connectivity index (χ1n) is 9.18. The van der Waals surface area contributed by atoms with Crippen molar-refractivity contribution in [2.24, 2.45) is 0 Å². The van der Waals surface area contributed by atoms with Crippen molar-refractivity contribution in [1.82, 2.24) is 19.9 Å². The zero-order valence-electron chi connectivity index (χ0n) is 15.8. The number of hydrogen-bond donors (Lipinski definition) is 0. The molecule has 1 aliphatic rings. The molecule has 0 bridgehead atoms. The largest absolute Gasteiger partial charge is 0.493 e. The average molecular weight is 364 g/mol. The fraction of sp³-hybridized carbons (Fsp3) is 0.333. The van der Waals surface area contributed by atoms with Gasteiger partial charge in [0.2, 0.25) is 0 Å². The molecule has 0 spiro atoms. The van der Waals surface area contributed by atoms with Crippen LogP contribution in [0, 0.1) is 0 Å². The summed E-state index contributed by atoms with van der Waals surface area (Å²) in [5.74, 6) is 1.62. The van der Waals surface area contributed by atoms with E-state index in [1.54, 1.807) is 25.1 Å². The molecule has 0 saturated heterocycles. The molecule has 1 aliphatic heterocycles. The van der Waals surface area contributed by atoms with Gasteiger partial charge in [0.15, 0.2) is 11.5 Å². The van der Waals surface area contributed by atoms with E-state index >= 15 is 0 Å². The molecule has 3 aromatic rings. The molecule has 0 atom stereocenters. The maximum absolute atomic E-state index is 5.45. The fourth-order valence-corrected chi connectivity index (χ4v) is 3.58. The third-order valence-corrected chi connectivity index (χ3v) is 5.14. The molecule has 0 radical (unpaired) electrons. The molecule has 6 nitrogen and oxygen atoms in total. The standard InChI is InChI=1S/C21H24N4O2/c1-26-20-13-17-8-11-24(15-18(17)14-21(20)27-2)10-7-16-3-5-19(6-4-16)25-12-9-22-23-25/h3-6,9,12-14H,7-8,10-11,15H2,1-2H3. The summed E-state index contributed by atoms with van der Waals surface area (Å²) in [6.45, 7) is 3.06. The number of fused-ring (bicyclic) bond motifs is 1. The summed E-state index contributed by atoms with van der Waals surface area (Å²) in [6.07, 6.45) is 5.61. The molecule has 2 heterocycles. The molecule has 0 saturated carbocycles. The fourth-order valence-electron chi connectivity index (χ4n) is 3.58. The molecule has 1 aromatic heterocycles. The van der Waals surface area contributed by atoms with Crippen LogP contribution < -0.4 is 9.47 Å². The van der Waals surface area contributed by atoms with Gasteiger partial charge in [-0.3, -0.25) is 4.90 Å². The second kappa shape index (κ2) is 7.80. The highest BCUT2D eigenvalue weighted by molar-refractivity contribution is 5.48. The first-order chi connectivity index (χ1) is 13.3. The van der Waals surface area contributed by atoms with Crippen LogP contribution in [-0.2, 0) is 19.4 Å². The van der Waals surface area contributed by atoms with Gasteiger partial charge in [-0.25, -0.2) is 4.68 Å². The van der Waals surface area contributed by atoms with Gasteiger partial charge in [-0.2, -0.15) is 0 Å². The summed E-state index contributed by atoms with van der Waals surface area (Å²) in [5.41, 5.74) is 5.06. The third-order valence-electron chi connectivity index (χ3n) is 5.14. The van der Waals surface area contributed by atoms with Gasteiger partial charge in [-0.15, -0.1) is 5.10 Å². The molecule has 27 heavy (non-hydrogen) atoms. The average Bonchev–Trinajstić information content (AvgIpc) is 3.26. The Labute approximate surface area is 159 Å². The Morgan fingerprint density at radius 1 is 1.00 bits per heavy atom. The van der Waals surface area contributed by atoms with Crippen molar-refractivity contribution in [3.05, 3.63) is 65.5 Å². The molecule has 2 aromatic carbocycles. The molecule has 0 unspecified atom stereocenters. The van der Waals surface area contributed by atoms with E-state index in [1.165, 1.54) is 16.7 Å². The highest BCUT2D eigenvalue weighted by atomic mass is 16.5. The monoisotopic (exact) mass is 364 g/mol. The summed E-state index contributed by atoms with van der Waals surface area (Å²) < 4.78 is 12.6. The van der Waals surface area contributed by atoms with E-state index < -0.39 is 0 Å². The van der Waals surface area contributed by atoms with Crippen LogP contribution in [0.25, 0.3) is 5.69 Å². The molecular formula is C21H24N4O2. The van der Waals surface area contributed by atoms with Gasteiger partial charge in [-0.05, 0) is 53.8 Å². The first kappa shape index (κ1) is 17.5. The molecule has 0 aliphatic carbocycles.